The van der Waals surface area contributed by atoms with Crippen molar-refractivity contribution in [2.75, 3.05) is 0 Å². The van der Waals surface area contributed by atoms with E-state index in [1.807, 2.05) is 38.1 Å². The second-order valence-electron chi connectivity index (χ2n) is 6.25. The van der Waals surface area contributed by atoms with Gasteiger partial charge in [0.05, 0.1) is 16.8 Å². The predicted octanol–water partition coefficient (Wildman–Crippen LogP) is 5.00. The molecule has 1 amide bonds. The molecule has 8 heteroatoms. The average Bonchev–Trinajstić information content (AvgIpc) is 2.88. The number of hydrogen-bond acceptors (Lipinski definition) is 2. The average molecular weight is 388 g/mol. The molecule has 26 heavy (non-hydrogen) atoms. The van der Waals surface area contributed by atoms with Crippen LogP contribution in [0.2, 0.25) is 5.02 Å². The van der Waals surface area contributed by atoms with Crippen LogP contribution in [0.5, 0.6) is 0 Å². The van der Waals surface area contributed by atoms with Gasteiger partial charge < -0.3 is 5.32 Å². The summed E-state index contributed by atoms with van der Waals surface area (Å²) in [7, 11) is 0. The molecule has 0 saturated carbocycles. The van der Waals surface area contributed by atoms with Crippen molar-refractivity contribution in [2.24, 2.45) is 0 Å². The Morgan fingerprint density at radius 2 is 1.85 bits per heavy atom. The zero-order valence-electron chi connectivity index (χ0n) is 15.0. The molecule has 2 unspecified atom stereocenters. The van der Waals surface area contributed by atoms with Gasteiger partial charge in [-0.2, -0.15) is 18.3 Å². The van der Waals surface area contributed by atoms with E-state index in [0.717, 1.165) is 15.8 Å². The van der Waals surface area contributed by atoms with Crippen LogP contribution in [0.4, 0.5) is 13.2 Å². The molecule has 2 atom stereocenters. The van der Waals surface area contributed by atoms with E-state index < -0.39 is 28.8 Å². The number of nitrogens with one attached hydrogen (secondary N) is 1. The number of aromatic nitrogens is 2. The van der Waals surface area contributed by atoms with Crippen molar-refractivity contribution in [3.8, 4) is 0 Å². The van der Waals surface area contributed by atoms with E-state index in [1.165, 1.54) is 13.8 Å². The summed E-state index contributed by atoms with van der Waals surface area (Å²) >= 11 is 5.76. The lowest BCUT2D eigenvalue weighted by atomic mass is 10.0. The van der Waals surface area contributed by atoms with E-state index in [4.69, 9.17) is 11.6 Å². The first-order valence-corrected chi connectivity index (χ1v) is 8.62. The van der Waals surface area contributed by atoms with Gasteiger partial charge in [0.1, 0.15) is 6.04 Å². The molecule has 0 aliphatic heterocycles. The molecule has 4 nitrogen and oxygen atoms in total. The number of halogens is 4. The fourth-order valence-electron chi connectivity index (χ4n) is 2.68. The van der Waals surface area contributed by atoms with Crippen molar-refractivity contribution in [1.29, 1.82) is 0 Å². The highest BCUT2D eigenvalue weighted by atomic mass is 35.5. The van der Waals surface area contributed by atoms with E-state index in [0.29, 0.717) is 6.42 Å². The van der Waals surface area contributed by atoms with Crippen molar-refractivity contribution in [3.63, 3.8) is 0 Å². The smallest absolute Gasteiger partial charge is 0.347 e. The maximum atomic E-state index is 13.0. The van der Waals surface area contributed by atoms with Crippen LogP contribution in [0.3, 0.4) is 0 Å². The van der Waals surface area contributed by atoms with Crippen LogP contribution in [-0.4, -0.2) is 15.7 Å². The van der Waals surface area contributed by atoms with Crippen molar-refractivity contribution in [3.05, 3.63) is 51.8 Å². The Bertz CT molecular complexity index is 784. The Labute approximate surface area is 155 Å². The monoisotopic (exact) mass is 387 g/mol. The van der Waals surface area contributed by atoms with Crippen molar-refractivity contribution >= 4 is 17.5 Å². The molecule has 0 spiro atoms. The van der Waals surface area contributed by atoms with Gasteiger partial charge in [-0.15, -0.1) is 0 Å². The summed E-state index contributed by atoms with van der Waals surface area (Å²) < 4.78 is 39.9. The molecular formula is C18H21ClF3N3O. The summed E-state index contributed by atoms with van der Waals surface area (Å²) in [6, 6.07) is 6.57. The number of hydrogen-bond donors (Lipinski definition) is 1. The third-order valence-corrected chi connectivity index (χ3v) is 4.75. The molecule has 1 N–H and O–H groups in total. The van der Waals surface area contributed by atoms with Crippen LogP contribution < -0.4 is 5.32 Å². The van der Waals surface area contributed by atoms with E-state index >= 15 is 0 Å². The molecule has 0 bridgehead atoms. The predicted molar refractivity (Wildman–Crippen MR) is 94.0 cm³/mol. The topological polar surface area (TPSA) is 46.9 Å². The maximum absolute atomic E-state index is 13.0. The number of carbonyl (C=O) groups is 1. The third-order valence-electron chi connectivity index (χ3n) is 4.30. The van der Waals surface area contributed by atoms with Gasteiger partial charge in [0.2, 0.25) is 5.91 Å². The zero-order valence-corrected chi connectivity index (χ0v) is 15.7. The lowest BCUT2D eigenvalue weighted by Crippen LogP contribution is -2.34. The maximum Gasteiger partial charge on any atom is 0.436 e. The van der Waals surface area contributed by atoms with Gasteiger partial charge in [-0.05, 0) is 32.8 Å². The number of nitrogens with zero attached hydrogens (tertiary/aromatic N) is 2. The van der Waals surface area contributed by atoms with Crippen molar-refractivity contribution in [1.82, 2.24) is 15.1 Å². The first-order valence-electron chi connectivity index (χ1n) is 8.25. The highest BCUT2D eigenvalue weighted by molar-refractivity contribution is 6.32. The molecule has 1 aromatic heterocycles. The normalized spacial score (nSPS) is 14.2. The molecule has 0 aliphatic carbocycles. The number of aryl methyl sites for hydroxylation is 1. The second kappa shape index (κ2) is 7.70. The van der Waals surface area contributed by atoms with Crippen LogP contribution >= 0.6 is 11.6 Å². The van der Waals surface area contributed by atoms with E-state index in [9.17, 15) is 18.0 Å². The lowest BCUT2D eigenvalue weighted by Gasteiger charge is -2.21. The van der Waals surface area contributed by atoms with Crippen LogP contribution in [-0.2, 0) is 11.0 Å². The van der Waals surface area contributed by atoms with Gasteiger partial charge >= 0.3 is 6.18 Å². The van der Waals surface area contributed by atoms with Gasteiger partial charge in [0, 0.05) is 0 Å². The van der Waals surface area contributed by atoms with E-state index in [2.05, 4.69) is 10.4 Å². The van der Waals surface area contributed by atoms with Gasteiger partial charge in [-0.25, -0.2) is 0 Å². The molecule has 2 rings (SSSR count). The number of carbonyl (C=O) groups excluding carboxylic acids is 1. The largest absolute Gasteiger partial charge is 0.436 e. The molecule has 1 heterocycles. The molecule has 0 aliphatic rings. The Morgan fingerprint density at radius 3 is 2.31 bits per heavy atom. The Morgan fingerprint density at radius 1 is 1.27 bits per heavy atom. The van der Waals surface area contributed by atoms with E-state index in [1.54, 1.807) is 0 Å². The Balaban J connectivity index is 2.23. The SMILES string of the molecule is CCC(NC(=O)C(C)n1nc(C(F)(F)F)c(Cl)c1C)c1ccc(C)cc1. The second-order valence-corrected chi connectivity index (χ2v) is 6.62. The van der Waals surface area contributed by atoms with Gasteiger partial charge in [-0.1, -0.05) is 48.4 Å². The fourth-order valence-corrected chi connectivity index (χ4v) is 2.91. The minimum Gasteiger partial charge on any atom is -0.347 e. The minimum atomic E-state index is -4.67. The van der Waals surface area contributed by atoms with Crippen molar-refractivity contribution in [2.45, 2.75) is 52.4 Å². The lowest BCUT2D eigenvalue weighted by molar-refractivity contribution is -0.141. The fraction of sp³-hybridized carbons (Fsp3) is 0.444. The number of benzene rings is 1. The molecule has 2 aromatic rings. The highest BCUT2D eigenvalue weighted by Gasteiger charge is 2.39. The summed E-state index contributed by atoms with van der Waals surface area (Å²) in [5.41, 5.74) is 0.960. The van der Waals surface area contributed by atoms with Crippen LogP contribution in [0.25, 0.3) is 0 Å². The molecule has 0 saturated heterocycles. The van der Waals surface area contributed by atoms with Gasteiger partial charge in [-0.3, -0.25) is 9.48 Å². The Hall–Kier alpha value is -2.02. The highest BCUT2D eigenvalue weighted by Crippen LogP contribution is 2.36. The third kappa shape index (κ3) is 4.20. The summed E-state index contributed by atoms with van der Waals surface area (Å²) in [5, 5.41) is 5.91. The molecule has 0 fully saturated rings. The van der Waals surface area contributed by atoms with Gasteiger partial charge in [0.15, 0.2) is 5.69 Å². The zero-order chi connectivity index (χ0) is 19.6. The minimum absolute atomic E-state index is 0.102. The van der Waals surface area contributed by atoms with Crippen LogP contribution in [0.15, 0.2) is 24.3 Å². The van der Waals surface area contributed by atoms with Crippen molar-refractivity contribution < 1.29 is 18.0 Å². The summed E-state index contributed by atoms with van der Waals surface area (Å²) in [4.78, 5) is 12.6. The summed E-state index contributed by atoms with van der Waals surface area (Å²) in [6.07, 6.45) is -4.02. The number of amides is 1. The standard InChI is InChI=1S/C18H21ClF3N3O/c1-5-14(13-8-6-10(2)7-9-13)23-17(26)12(4)25-11(3)15(19)16(24-25)18(20,21)22/h6-9,12,14H,5H2,1-4H3,(H,23,26). The summed E-state index contributed by atoms with van der Waals surface area (Å²) in [6.45, 7) is 6.79. The van der Waals surface area contributed by atoms with Crippen LogP contribution in [0.1, 0.15) is 54.9 Å². The Kier molecular flexibility index (Phi) is 6.01. The molecule has 142 valence electrons. The first-order chi connectivity index (χ1) is 12.1. The van der Waals surface area contributed by atoms with Crippen LogP contribution in [0, 0.1) is 13.8 Å². The number of alkyl halides is 3. The number of rotatable bonds is 5. The van der Waals surface area contributed by atoms with E-state index in [-0.39, 0.29) is 11.7 Å². The molecule has 0 radical (unpaired) electrons. The quantitative estimate of drug-likeness (QED) is 0.784. The molecular weight excluding hydrogens is 367 g/mol. The van der Waals surface area contributed by atoms with Gasteiger partial charge in [0.25, 0.3) is 0 Å². The summed E-state index contributed by atoms with van der Waals surface area (Å²) in [5.74, 6) is -0.423. The first kappa shape index (κ1) is 20.3. The molecule has 1 aromatic carbocycles.